The average molecular weight is 307 g/mol. The summed E-state index contributed by atoms with van der Waals surface area (Å²) in [5, 5.41) is 3.49. The fourth-order valence-corrected chi connectivity index (χ4v) is 2.03. The summed E-state index contributed by atoms with van der Waals surface area (Å²) in [6, 6.07) is 3.41. The lowest BCUT2D eigenvalue weighted by Gasteiger charge is -2.05. The van der Waals surface area contributed by atoms with Crippen LogP contribution in [0, 0.1) is 0 Å². The zero-order valence-corrected chi connectivity index (χ0v) is 9.83. The van der Waals surface area contributed by atoms with Crippen LogP contribution in [0.3, 0.4) is 0 Å². The van der Waals surface area contributed by atoms with Crippen molar-refractivity contribution >= 4 is 37.5 Å². The molecule has 0 bridgehead atoms. The quantitative estimate of drug-likeness (QED) is 0.460. The van der Waals surface area contributed by atoms with E-state index in [1.807, 2.05) is 0 Å². The van der Waals surface area contributed by atoms with E-state index in [0.29, 0.717) is 11.4 Å². The Labute approximate surface area is 91.8 Å². The molecule has 6 heteroatoms. The van der Waals surface area contributed by atoms with Crippen LogP contribution in [-0.4, -0.2) is 7.11 Å². The molecule has 1 aromatic carbocycles. The Morgan fingerprint density at radius 1 is 1.38 bits per heavy atom. The van der Waals surface area contributed by atoms with Gasteiger partial charge in [-0.1, -0.05) is 21.0 Å². The maximum absolute atomic E-state index is 8.26. The highest BCUT2D eigenvalue weighted by molar-refractivity contribution is 9.11. The first-order valence-corrected chi connectivity index (χ1v) is 4.85. The second-order valence-electron chi connectivity index (χ2n) is 2.13. The van der Waals surface area contributed by atoms with Gasteiger partial charge in [-0.2, -0.15) is 0 Å². The van der Waals surface area contributed by atoms with Crippen LogP contribution < -0.4 is 4.74 Å². The van der Waals surface area contributed by atoms with Crippen molar-refractivity contribution in [3.63, 3.8) is 0 Å². The lowest BCUT2D eigenvalue weighted by atomic mass is 10.3. The predicted octanol–water partition coefficient (Wildman–Crippen LogP) is 4.16. The number of methoxy groups -OCH3 is 1. The van der Waals surface area contributed by atoms with Gasteiger partial charge in [0.05, 0.1) is 17.3 Å². The first kappa shape index (κ1) is 10.4. The highest BCUT2D eigenvalue weighted by Gasteiger charge is 2.04. The molecule has 13 heavy (non-hydrogen) atoms. The average Bonchev–Trinajstić information content (AvgIpc) is 2.10. The number of ether oxygens (including phenoxy) is 1. The van der Waals surface area contributed by atoms with E-state index in [-0.39, 0.29) is 0 Å². The van der Waals surface area contributed by atoms with Gasteiger partial charge in [0.1, 0.15) is 5.75 Å². The molecule has 0 radical (unpaired) electrons. The molecule has 0 amide bonds. The number of nitrogens with zero attached hydrogens (tertiary/aromatic N) is 3. The maximum Gasteiger partial charge on any atom is 0.133 e. The fraction of sp³-hybridized carbons (Fsp3) is 0.143. The molecule has 0 aromatic heterocycles. The van der Waals surface area contributed by atoms with Gasteiger partial charge in [-0.05, 0) is 33.6 Å². The van der Waals surface area contributed by atoms with Crippen LogP contribution >= 0.6 is 31.9 Å². The monoisotopic (exact) mass is 305 g/mol. The van der Waals surface area contributed by atoms with E-state index in [4.69, 9.17) is 10.3 Å². The van der Waals surface area contributed by atoms with Crippen molar-refractivity contribution in [1.29, 1.82) is 0 Å². The minimum absolute atomic E-state index is 0.502. The minimum atomic E-state index is 0.502. The van der Waals surface area contributed by atoms with Gasteiger partial charge in [-0.3, -0.25) is 0 Å². The third-order valence-corrected chi connectivity index (χ3v) is 2.63. The number of hydrogen-bond acceptors (Lipinski definition) is 2. The molecule has 0 atom stereocenters. The van der Waals surface area contributed by atoms with Gasteiger partial charge in [0, 0.05) is 9.38 Å². The third kappa shape index (κ3) is 2.37. The summed E-state index contributed by atoms with van der Waals surface area (Å²) in [6.07, 6.45) is 0. The molecule has 0 saturated heterocycles. The number of halogens is 2. The van der Waals surface area contributed by atoms with Crippen molar-refractivity contribution in [2.45, 2.75) is 0 Å². The molecule has 0 spiro atoms. The molecule has 0 fully saturated rings. The Morgan fingerprint density at radius 3 is 2.62 bits per heavy atom. The highest BCUT2D eigenvalue weighted by Crippen LogP contribution is 2.36. The Bertz CT molecular complexity index is 374. The van der Waals surface area contributed by atoms with Crippen LogP contribution in [0.1, 0.15) is 0 Å². The Morgan fingerprint density at radius 2 is 2.08 bits per heavy atom. The molecule has 0 aliphatic rings. The van der Waals surface area contributed by atoms with E-state index in [0.717, 1.165) is 8.95 Å². The largest absolute Gasteiger partial charge is 0.496 e. The third-order valence-electron chi connectivity index (χ3n) is 1.37. The van der Waals surface area contributed by atoms with Crippen LogP contribution in [0.25, 0.3) is 10.4 Å². The molecule has 0 N–H and O–H groups in total. The number of rotatable bonds is 2. The van der Waals surface area contributed by atoms with E-state index in [2.05, 4.69) is 41.9 Å². The lowest BCUT2D eigenvalue weighted by molar-refractivity contribution is 0.412. The van der Waals surface area contributed by atoms with Gasteiger partial charge in [0.25, 0.3) is 0 Å². The van der Waals surface area contributed by atoms with Crippen LogP contribution in [0.5, 0.6) is 5.75 Å². The molecule has 68 valence electrons. The lowest BCUT2D eigenvalue weighted by Crippen LogP contribution is -1.83. The molecule has 1 aromatic rings. The van der Waals surface area contributed by atoms with Crippen LogP contribution in [0.2, 0.25) is 0 Å². The molecule has 0 aliphatic carbocycles. The van der Waals surface area contributed by atoms with E-state index in [9.17, 15) is 0 Å². The molecule has 4 nitrogen and oxygen atoms in total. The molecule has 0 aliphatic heterocycles. The summed E-state index contributed by atoms with van der Waals surface area (Å²) in [6.45, 7) is 0. The minimum Gasteiger partial charge on any atom is -0.496 e. The van der Waals surface area contributed by atoms with Gasteiger partial charge in [-0.25, -0.2) is 0 Å². The molecule has 0 heterocycles. The highest BCUT2D eigenvalue weighted by atomic mass is 79.9. The number of azide groups is 1. The van der Waals surface area contributed by atoms with Crippen molar-refractivity contribution in [3.05, 3.63) is 31.5 Å². The summed E-state index contributed by atoms with van der Waals surface area (Å²) < 4.78 is 6.56. The topological polar surface area (TPSA) is 58.0 Å². The summed E-state index contributed by atoms with van der Waals surface area (Å²) in [5.74, 6) is 0.630. The Balaban J connectivity index is 3.29. The second-order valence-corrected chi connectivity index (χ2v) is 3.84. The zero-order valence-electron chi connectivity index (χ0n) is 6.66. The van der Waals surface area contributed by atoms with Crippen molar-refractivity contribution in [2.24, 2.45) is 5.11 Å². The molecular weight excluding hydrogens is 302 g/mol. The fourth-order valence-electron chi connectivity index (χ4n) is 0.800. The van der Waals surface area contributed by atoms with Gasteiger partial charge in [0.15, 0.2) is 0 Å². The van der Waals surface area contributed by atoms with Crippen molar-refractivity contribution in [1.82, 2.24) is 0 Å². The first-order valence-electron chi connectivity index (χ1n) is 3.27. The number of benzene rings is 1. The Kier molecular flexibility index (Phi) is 3.59. The second kappa shape index (κ2) is 4.50. The molecular formula is C7H5Br2N3O. The van der Waals surface area contributed by atoms with Gasteiger partial charge in [-0.15, -0.1) is 0 Å². The maximum atomic E-state index is 8.26. The summed E-state index contributed by atoms with van der Waals surface area (Å²) in [7, 11) is 1.55. The van der Waals surface area contributed by atoms with Gasteiger partial charge < -0.3 is 4.74 Å². The SMILES string of the molecule is COc1cc(N=[N+]=[N-])c(Br)cc1Br. The van der Waals surface area contributed by atoms with Gasteiger partial charge >= 0.3 is 0 Å². The molecule has 0 unspecified atom stereocenters. The molecule has 1 rings (SSSR count). The zero-order chi connectivity index (χ0) is 9.84. The van der Waals surface area contributed by atoms with Crippen LogP contribution in [0.15, 0.2) is 26.2 Å². The standard InChI is InChI=1S/C7H5Br2N3O/c1-13-7-3-6(11-12-10)4(8)2-5(7)9/h2-3H,1H3. The van der Waals surface area contributed by atoms with E-state index in [1.54, 1.807) is 19.2 Å². The summed E-state index contributed by atoms with van der Waals surface area (Å²) >= 11 is 6.56. The van der Waals surface area contributed by atoms with Crippen LogP contribution in [-0.2, 0) is 0 Å². The van der Waals surface area contributed by atoms with E-state index in [1.165, 1.54) is 0 Å². The van der Waals surface area contributed by atoms with Crippen molar-refractivity contribution < 1.29 is 4.74 Å². The van der Waals surface area contributed by atoms with E-state index < -0.39 is 0 Å². The van der Waals surface area contributed by atoms with Gasteiger partial charge in [0.2, 0.25) is 0 Å². The predicted molar refractivity (Wildman–Crippen MR) is 57.2 cm³/mol. The normalized spacial score (nSPS) is 9.15. The van der Waals surface area contributed by atoms with Crippen molar-refractivity contribution in [2.75, 3.05) is 7.11 Å². The summed E-state index contributed by atoms with van der Waals surface area (Å²) in [5.41, 5.74) is 8.76. The summed E-state index contributed by atoms with van der Waals surface area (Å²) in [4.78, 5) is 2.70. The van der Waals surface area contributed by atoms with E-state index >= 15 is 0 Å². The number of hydrogen-bond donors (Lipinski definition) is 0. The Hall–Kier alpha value is -0.710. The first-order chi connectivity index (χ1) is 6.19. The van der Waals surface area contributed by atoms with Crippen LogP contribution in [0.4, 0.5) is 5.69 Å². The molecule has 0 saturated carbocycles. The van der Waals surface area contributed by atoms with Crippen molar-refractivity contribution in [3.8, 4) is 5.75 Å². The smallest absolute Gasteiger partial charge is 0.133 e.